The Morgan fingerprint density at radius 2 is 1.74 bits per heavy atom. The third-order valence-corrected chi connectivity index (χ3v) is 8.71. The fraction of sp³-hybridized carbons (Fsp3) is 0.593. The van der Waals surface area contributed by atoms with Gasteiger partial charge in [0.05, 0.1) is 11.5 Å². The molecule has 0 spiro atoms. The first kappa shape index (κ1) is 24.5. The molecule has 1 aromatic carbocycles. The van der Waals surface area contributed by atoms with E-state index in [2.05, 4.69) is 0 Å². The van der Waals surface area contributed by atoms with Crippen molar-refractivity contribution in [1.29, 1.82) is 0 Å². The number of aryl methyl sites for hydroxylation is 1. The zero-order valence-electron chi connectivity index (χ0n) is 20.5. The molecule has 1 aromatic rings. The molecule has 182 valence electrons. The lowest BCUT2D eigenvalue weighted by molar-refractivity contribution is -0.205. The lowest BCUT2D eigenvalue weighted by Gasteiger charge is -2.61. The van der Waals surface area contributed by atoms with Crippen LogP contribution in [0.5, 0.6) is 5.75 Å². The maximum Gasteiger partial charge on any atom is 0.190 e. The zero-order valence-corrected chi connectivity index (χ0v) is 20.5. The Bertz CT molecular complexity index is 1160. The molecule has 0 aliphatic heterocycles. The van der Waals surface area contributed by atoms with Crippen LogP contribution in [-0.4, -0.2) is 44.7 Å². The number of hydrogen-bond acceptors (Lipinski definition) is 7. The van der Waals surface area contributed by atoms with Gasteiger partial charge in [-0.1, -0.05) is 46.8 Å². The van der Waals surface area contributed by atoms with Crippen LogP contribution in [0.4, 0.5) is 0 Å². The van der Waals surface area contributed by atoms with Crippen molar-refractivity contribution in [3.63, 3.8) is 0 Å². The van der Waals surface area contributed by atoms with Crippen molar-refractivity contribution >= 4 is 28.9 Å². The highest BCUT2D eigenvalue weighted by Gasteiger charge is 2.76. The number of benzene rings is 1. The van der Waals surface area contributed by atoms with Gasteiger partial charge in [0.25, 0.3) is 0 Å². The highest BCUT2D eigenvalue weighted by Crippen LogP contribution is 2.63. The van der Waals surface area contributed by atoms with Crippen LogP contribution in [0.25, 0.3) is 0 Å². The molecule has 0 bridgehead atoms. The number of aromatic hydroxyl groups is 1. The summed E-state index contributed by atoms with van der Waals surface area (Å²) in [6.07, 6.45) is 0.831. The van der Waals surface area contributed by atoms with E-state index in [-0.39, 0.29) is 30.1 Å². The van der Waals surface area contributed by atoms with Gasteiger partial charge in [0.2, 0.25) is 0 Å². The van der Waals surface area contributed by atoms with Gasteiger partial charge < -0.3 is 10.2 Å². The van der Waals surface area contributed by atoms with Crippen molar-refractivity contribution in [3.8, 4) is 5.75 Å². The lowest BCUT2D eigenvalue weighted by Crippen LogP contribution is -2.76. The van der Waals surface area contributed by atoms with E-state index >= 15 is 0 Å². The van der Waals surface area contributed by atoms with Gasteiger partial charge in [0.15, 0.2) is 28.7 Å². The normalized spacial score (nSPS) is 37.4. The first-order valence-electron chi connectivity index (χ1n) is 11.9. The summed E-state index contributed by atoms with van der Waals surface area (Å²) >= 11 is 0. The average Bonchev–Trinajstić information content (AvgIpc) is 2.70. The topological polar surface area (TPSA) is 126 Å². The molecule has 0 amide bonds. The molecule has 0 radical (unpaired) electrons. The molecule has 0 saturated heterocycles. The maximum atomic E-state index is 14.1. The number of phenolic OH excluding ortho intramolecular Hbond substituents is 1. The highest BCUT2D eigenvalue weighted by molar-refractivity contribution is 6.32. The number of aliphatic hydroxyl groups is 1. The van der Waals surface area contributed by atoms with Gasteiger partial charge in [0.1, 0.15) is 17.5 Å². The van der Waals surface area contributed by atoms with Gasteiger partial charge in [-0.2, -0.15) is 0 Å². The van der Waals surface area contributed by atoms with Crippen LogP contribution in [0, 0.1) is 34.5 Å². The predicted molar refractivity (Wildman–Crippen MR) is 122 cm³/mol. The van der Waals surface area contributed by atoms with Crippen LogP contribution < -0.4 is 0 Å². The van der Waals surface area contributed by atoms with E-state index in [1.807, 2.05) is 6.92 Å². The monoisotopic (exact) mass is 468 g/mol. The molecular formula is C27H32O7. The molecule has 7 heteroatoms. The van der Waals surface area contributed by atoms with E-state index in [4.69, 9.17) is 0 Å². The Morgan fingerprint density at radius 3 is 2.26 bits per heavy atom. The summed E-state index contributed by atoms with van der Waals surface area (Å²) < 4.78 is 0. The molecule has 0 heterocycles. The van der Waals surface area contributed by atoms with E-state index in [1.54, 1.807) is 39.8 Å². The molecule has 2 saturated carbocycles. The van der Waals surface area contributed by atoms with E-state index in [1.165, 1.54) is 0 Å². The second-order valence-electron chi connectivity index (χ2n) is 11.3. The Morgan fingerprint density at radius 1 is 1.12 bits per heavy atom. The summed E-state index contributed by atoms with van der Waals surface area (Å²) in [6.45, 7) is 9.83. The molecule has 3 aliphatic rings. The Kier molecular flexibility index (Phi) is 5.33. The summed E-state index contributed by atoms with van der Waals surface area (Å²) in [5.74, 6) is -8.54. The third-order valence-electron chi connectivity index (χ3n) is 8.71. The van der Waals surface area contributed by atoms with Crippen LogP contribution in [0.2, 0.25) is 0 Å². The first-order valence-corrected chi connectivity index (χ1v) is 11.9. The number of phenols is 1. The number of hydrogen-bond donors (Lipinski definition) is 2. The van der Waals surface area contributed by atoms with Crippen molar-refractivity contribution in [3.05, 3.63) is 28.8 Å². The molecule has 2 N–H and O–H groups in total. The molecular weight excluding hydrogens is 436 g/mol. The fourth-order valence-corrected chi connectivity index (χ4v) is 7.46. The average molecular weight is 469 g/mol. The van der Waals surface area contributed by atoms with Crippen molar-refractivity contribution in [2.24, 2.45) is 34.5 Å². The number of fused-ring (bicyclic) bond motifs is 3. The summed E-state index contributed by atoms with van der Waals surface area (Å²) in [7, 11) is 0. The van der Waals surface area contributed by atoms with Gasteiger partial charge in [-0.25, -0.2) is 0 Å². The molecule has 0 aromatic heterocycles. The molecule has 3 aliphatic carbocycles. The minimum atomic E-state index is -2.65. The van der Waals surface area contributed by atoms with Crippen molar-refractivity contribution in [2.75, 3.05) is 0 Å². The van der Waals surface area contributed by atoms with Gasteiger partial charge in [-0.15, -0.1) is 0 Å². The SMILES string of the molecule is CCc1ccc2c(c1O)C(=O)C1C(=O)[C@@]3(O)C(=O)C(C(C)=O)C(=O)C(C(C)C)[C@@]3(C)C[C@@]1(C)C2. The van der Waals surface area contributed by atoms with E-state index in [0.29, 0.717) is 17.5 Å². The number of ketones is 5. The Hall–Kier alpha value is -2.67. The smallest absolute Gasteiger partial charge is 0.190 e. The number of carbonyl (C=O) groups is 5. The fourth-order valence-electron chi connectivity index (χ4n) is 7.46. The van der Waals surface area contributed by atoms with Crippen molar-refractivity contribution in [2.45, 2.75) is 66.4 Å². The Labute approximate surface area is 198 Å². The Balaban J connectivity index is 1.97. The van der Waals surface area contributed by atoms with Crippen LogP contribution in [0.3, 0.4) is 0 Å². The molecule has 4 rings (SSSR count). The van der Waals surface area contributed by atoms with Gasteiger partial charge >= 0.3 is 0 Å². The minimum absolute atomic E-state index is 0.0604. The van der Waals surface area contributed by atoms with Crippen LogP contribution in [0.15, 0.2) is 12.1 Å². The standard InChI is InChI=1S/C27H32O7/c1-7-14-8-9-15-10-25(5)11-26(6)18(12(2)3)21(30)16(13(4)28)23(32)27(26,34)24(33)19(25)22(31)17(15)20(14)29/h8-9,12,16,18-19,29,34H,7,10-11H2,1-6H3/t16?,18?,19?,25-,26-,27+/m1/s1. The van der Waals surface area contributed by atoms with Crippen LogP contribution >= 0.6 is 0 Å². The zero-order chi connectivity index (χ0) is 25.5. The number of carbonyl (C=O) groups excluding carboxylic acids is 5. The number of Topliss-reactive ketones (excluding diaryl/α,β-unsaturated/α-hetero) is 5. The lowest BCUT2D eigenvalue weighted by atomic mass is 9.40. The van der Waals surface area contributed by atoms with E-state index in [9.17, 15) is 34.2 Å². The molecule has 3 unspecified atom stereocenters. The molecule has 2 fully saturated rings. The minimum Gasteiger partial charge on any atom is -0.507 e. The summed E-state index contributed by atoms with van der Waals surface area (Å²) in [6, 6.07) is 3.54. The first-order chi connectivity index (χ1) is 15.7. The van der Waals surface area contributed by atoms with Crippen molar-refractivity contribution in [1.82, 2.24) is 0 Å². The van der Waals surface area contributed by atoms with Crippen LogP contribution in [0.1, 0.15) is 69.4 Å². The predicted octanol–water partition coefficient (Wildman–Crippen LogP) is 2.66. The summed E-state index contributed by atoms with van der Waals surface area (Å²) in [4.78, 5) is 67.1. The largest absolute Gasteiger partial charge is 0.507 e. The van der Waals surface area contributed by atoms with Gasteiger partial charge in [-0.3, -0.25) is 24.0 Å². The summed E-state index contributed by atoms with van der Waals surface area (Å²) in [5, 5.41) is 22.7. The molecule has 6 atom stereocenters. The highest BCUT2D eigenvalue weighted by atomic mass is 16.3. The van der Waals surface area contributed by atoms with Crippen molar-refractivity contribution < 1.29 is 34.2 Å². The van der Waals surface area contributed by atoms with E-state index < -0.39 is 63.1 Å². The van der Waals surface area contributed by atoms with E-state index in [0.717, 1.165) is 6.92 Å². The summed E-state index contributed by atoms with van der Waals surface area (Å²) in [5.41, 5.74) is -3.87. The maximum absolute atomic E-state index is 14.1. The third kappa shape index (κ3) is 2.76. The molecule has 7 nitrogen and oxygen atoms in total. The quantitative estimate of drug-likeness (QED) is 0.653. The van der Waals surface area contributed by atoms with Crippen LogP contribution in [-0.2, 0) is 32.0 Å². The second-order valence-corrected chi connectivity index (χ2v) is 11.3. The molecule has 34 heavy (non-hydrogen) atoms. The number of rotatable bonds is 3. The second kappa shape index (κ2) is 7.41. The van der Waals surface area contributed by atoms with Gasteiger partial charge in [0, 0.05) is 11.3 Å². The van der Waals surface area contributed by atoms with Gasteiger partial charge in [-0.05, 0) is 48.6 Å².